The second-order valence-electron chi connectivity index (χ2n) is 5.00. The number of hydrogen-bond acceptors (Lipinski definition) is 5. The Labute approximate surface area is 118 Å². The molecule has 0 atom stereocenters. The molecule has 0 unspecified atom stereocenters. The maximum absolute atomic E-state index is 14.2. The van der Waals surface area contributed by atoms with Crippen LogP contribution < -0.4 is 16.1 Å². The van der Waals surface area contributed by atoms with Gasteiger partial charge in [-0.3, -0.25) is 9.36 Å². The van der Waals surface area contributed by atoms with Crippen molar-refractivity contribution in [3.63, 3.8) is 0 Å². The van der Waals surface area contributed by atoms with Gasteiger partial charge in [0.1, 0.15) is 0 Å². The molecule has 7 nitrogen and oxygen atoms in total. The number of aryl methyl sites for hydroxylation is 1. The first-order valence-corrected chi connectivity index (χ1v) is 6.85. The van der Waals surface area contributed by atoms with Crippen LogP contribution in [0.1, 0.15) is 19.8 Å². The Morgan fingerprint density at radius 2 is 2.00 bits per heavy atom. The zero-order valence-corrected chi connectivity index (χ0v) is 11.5. The van der Waals surface area contributed by atoms with Gasteiger partial charge in [-0.05, 0) is 25.8 Å². The van der Waals surface area contributed by atoms with Gasteiger partial charge in [0.05, 0.1) is 5.39 Å². The Kier molecular flexibility index (Phi) is 3.15. The molecule has 0 aromatic carbocycles. The van der Waals surface area contributed by atoms with Gasteiger partial charge in [0, 0.05) is 19.6 Å². The number of nitrogens with zero attached hydrogens (tertiary/aromatic N) is 4. The van der Waals surface area contributed by atoms with Crippen molar-refractivity contribution in [2.45, 2.75) is 26.3 Å². The van der Waals surface area contributed by atoms with E-state index in [1.807, 2.05) is 0 Å². The Morgan fingerprint density at radius 1 is 1.33 bits per heavy atom. The molecule has 1 saturated heterocycles. The summed E-state index contributed by atoms with van der Waals surface area (Å²) in [6, 6.07) is 1.04. The minimum Gasteiger partial charge on any atom is -0.421 e. The first-order valence-electron chi connectivity index (χ1n) is 6.85. The SMILES string of the molecule is CCn1c(=O)n(O)c(=O)c2cc(F)c(N3CCCC3)nc21. The van der Waals surface area contributed by atoms with Gasteiger partial charge in [-0.15, -0.1) is 0 Å². The molecule has 1 fully saturated rings. The van der Waals surface area contributed by atoms with Gasteiger partial charge in [0.25, 0.3) is 5.56 Å². The van der Waals surface area contributed by atoms with Crippen molar-refractivity contribution in [1.82, 2.24) is 14.3 Å². The molecule has 1 aliphatic rings. The largest absolute Gasteiger partial charge is 0.421 e. The van der Waals surface area contributed by atoms with Gasteiger partial charge in [-0.1, -0.05) is 4.73 Å². The van der Waals surface area contributed by atoms with E-state index in [0.29, 0.717) is 13.1 Å². The Balaban J connectivity index is 2.36. The number of anilines is 1. The van der Waals surface area contributed by atoms with E-state index in [1.165, 1.54) is 0 Å². The molecule has 0 saturated carbocycles. The van der Waals surface area contributed by atoms with Crippen LogP contribution in [-0.2, 0) is 6.54 Å². The highest BCUT2D eigenvalue weighted by Gasteiger charge is 2.21. The van der Waals surface area contributed by atoms with Crippen molar-refractivity contribution in [3.8, 4) is 0 Å². The third-order valence-electron chi connectivity index (χ3n) is 3.75. The molecule has 3 heterocycles. The second kappa shape index (κ2) is 4.87. The molecule has 1 N–H and O–H groups in total. The summed E-state index contributed by atoms with van der Waals surface area (Å²) in [5.74, 6) is -0.473. The number of aromatic nitrogens is 3. The molecule has 0 aliphatic carbocycles. The van der Waals surface area contributed by atoms with E-state index < -0.39 is 17.1 Å². The number of halogens is 1. The number of hydrogen-bond donors (Lipinski definition) is 1. The normalized spacial score (nSPS) is 15.0. The molecule has 3 rings (SSSR count). The smallest absolute Gasteiger partial charge is 0.366 e. The number of pyridine rings is 1. The first kappa shape index (κ1) is 13.6. The molecular formula is C13H15FN4O3. The molecular weight excluding hydrogens is 279 g/mol. The fourth-order valence-electron chi connectivity index (χ4n) is 2.67. The second-order valence-corrected chi connectivity index (χ2v) is 5.00. The highest BCUT2D eigenvalue weighted by Crippen LogP contribution is 2.23. The maximum Gasteiger partial charge on any atom is 0.366 e. The molecule has 112 valence electrons. The van der Waals surface area contributed by atoms with E-state index >= 15 is 0 Å². The van der Waals surface area contributed by atoms with E-state index in [-0.39, 0.29) is 28.1 Å². The highest BCUT2D eigenvalue weighted by atomic mass is 19.1. The Hall–Kier alpha value is -2.38. The van der Waals surface area contributed by atoms with E-state index in [0.717, 1.165) is 23.5 Å². The molecule has 8 heteroatoms. The monoisotopic (exact) mass is 294 g/mol. The predicted molar refractivity (Wildman–Crippen MR) is 74.5 cm³/mol. The quantitative estimate of drug-likeness (QED) is 0.818. The van der Waals surface area contributed by atoms with E-state index in [9.17, 15) is 19.2 Å². The third kappa shape index (κ3) is 1.98. The van der Waals surface area contributed by atoms with Crippen molar-refractivity contribution in [2.75, 3.05) is 18.0 Å². The van der Waals surface area contributed by atoms with Crippen molar-refractivity contribution in [1.29, 1.82) is 0 Å². The fourth-order valence-corrected chi connectivity index (χ4v) is 2.67. The Bertz CT molecular complexity index is 821. The van der Waals surface area contributed by atoms with Crippen LogP contribution in [-0.4, -0.2) is 32.6 Å². The summed E-state index contributed by atoms with van der Waals surface area (Å²) in [7, 11) is 0. The lowest BCUT2D eigenvalue weighted by Gasteiger charge is -2.18. The summed E-state index contributed by atoms with van der Waals surface area (Å²) in [5.41, 5.74) is -1.73. The number of rotatable bonds is 2. The fraction of sp³-hybridized carbons (Fsp3) is 0.462. The minimum atomic E-state index is -0.959. The Morgan fingerprint density at radius 3 is 2.62 bits per heavy atom. The molecule has 0 radical (unpaired) electrons. The van der Waals surface area contributed by atoms with Crippen molar-refractivity contribution in [3.05, 3.63) is 32.7 Å². The van der Waals surface area contributed by atoms with E-state index in [2.05, 4.69) is 4.98 Å². The van der Waals surface area contributed by atoms with Crippen molar-refractivity contribution >= 4 is 16.9 Å². The summed E-state index contributed by atoms with van der Waals surface area (Å²) >= 11 is 0. The molecule has 2 aromatic heterocycles. The van der Waals surface area contributed by atoms with Crippen LogP contribution in [0, 0.1) is 5.82 Å². The molecule has 1 aliphatic heterocycles. The average Bonchev–Trinajstić information content (AvgIpc) is 3.00. The molecule has 0 bridgehead atoms. The van der Waals surface area contributed by atoms with Crippen LogP contribution in [0.2, 0.25) is 0 Å². The minimum absolute atomic E-state index is 0.0114. The summed E-state index contributed by atoms with van der Waals surface area (Å²) in [5, 5.41) is 9.39. The zero-order chi connectivity index (χ0) is 15.1. The van der Waals surface area contributed by atoms with Gasteiger partial charge in [-0.25, -0.2) is 14.2 Å². The summed E-state index contributed by atoms with van der Waals surface area (Å²) < 4.78 is 15.3. The van der Waals surface area contributed by atoms with Gasteiger partial charge in [0.15, 0.2) is 17.3 Å². The predicted octanol–water partition coefficient (Wildman–Crippen LogP) is 0.555. The van der Waals surface area contributed by atoms with Crippen LogP contribution in [0.3, 0.4) is 0 Å². The van der Waals surface area contributed by atoms with Crippen LogP contribution >= 0.6 is 0 Å². The summed E-state index contributed by atoms with van der Waals surface area (Å²) in [4.78, 5) is 29.7. The topological polar surface area (TPSA) is 80.4 Å². The van der Waals surface area contributed by atoms with Gasteiger partial charge < -0.3 is 10.1 Å². The number of fused-ring (bicyclic) bond motifs is 1. The summed E-state index contributed by atoms with van der Waals surface area (Å²) in [6.45, 7) is 3.30. The van der Waals surface area contributed by atoms with Crippen LogP contribution in [0.5, 0.6) is 0 Å². The van der Waals surface area contributed by atoms with Crippen molar-refractivity contribution in [2.24, 2.45) is 0 Å². The van der Waals surface area contributed by atoms with Crippen LogP contribution in [0.4, 0.5) is 10.2 Å². The lowest BCUT2D eigenvalue weighted by atomic mass is 10.3. The van der Waals surface area contributed by atoms with Crippen molar-refractivity contribution < 1.29 is 9.60 Å². The molecule has 0 amide bonds. The summed E-state index contributed by atoms with van der Waals surface area (Å²) in [6.07, 6.45) is 1.91. The maximum atomic E-state index is 14.2. The third-order valence-corrected chi connectivity index (χ3v) is 3.75. The standard InChI is InChI=1S/C13H15FN4O3/c1-2-17-10-8(12(19)18(21)13(17)20)7-9(14)11(15-10)16-5-3-4-6-16/h7,21H,2-6H2,1H3. The van der Waals surface area contributed by atoms with E-state index in [4.69, 9.17) is 0 Å². The van der Waals surface area contributed by atoms with Crippen LogP contribution in [0.15, 0.2) is 15.7 Å². The lowest BCUT2D eigenvalue weighted by molar-refractivity contribution is 0.157. The van der Waals surface area contributed by atoms with Gasteiger partial charge in [-0.2, -0.15) is 0 Å². The molecule has 21 heavy (non-hydrogen) atoms. The highest BCUT2D eigenvalue weighted by molar-refractivity contribution is 5.76. The van der Waals surface area contributed by atoms with Gasteiger partial charge >= 0.3 is 5.69 Å². The average molecular weight is 294 g/mol. The zero-order valence-electron chi connectivity index (χ0n) is 11.5. The first-order chi connectivity index (χ1) is 10.0. The van der Waals surface area contributed by atoms with Gasteiger partial charge in [0.2, 0.25) is 0 Å². The molecule has 0 spiro atoms. The molecule has 2 aromatic rings. The van der Waals surface area contributed by atoms with Crippen LogP contribution in [0.25, 0.3) is 11.0 Å². The lowest BCUT2D eigenvalue weighted by Crippen LogP contribution is -2.39. The van der Waals surface area contributed by atoms with E-state index in [1.54, 1.807) is 11.8 Å².